The van der Waals surface area contributed by atoms with Gasteiger partial charge in [-0.3, -0.25) is 0 Å². The minimum atomic E-state index is 0.562. The van der Waals surface area contributed by atoms with Crippen LogP contribution in [0.5, 0.6) is 0 Å². The summed E-state index contributed by atoms with van der Waals surface area (Å²) in [5.41, 5.74) is 0.562. The lowest BCUT2D eigenvalue weighted by Gasteiger charge is -2.35. The summed E-state index contributed by atoms with van der Waals surface area (Å²) in [5, 5.41) is 0. The smallest absolute Gasteiger partial charge is 0.0303 e. The van der Waals surface area contributed by atoms with Gasteiger partial charge < -0.3 is 0 Å². The van der Waals surface area contributed by atoms with E-state index in [-0.39, 0.29) is 0 Å². The van der Waals surface area contributed by atoms with Crippen LogP contribution in [0.3, 0.4) is 0 Å². The zero-order valence-corrected chi connectivity index (χ0v) is 15.8. The average molecular weight is 283 g/mol. The third-order valence-electron chi connectivity index (χ3n) is 6.28. The van der Waals surface area contributed by atoms with E-state index in [9.17, 15) is 0 Å². The Hall–Kier alpha value is 0. The van der Waals surface area contributed by atoms with Crippen molar-refractivity contribution in [3.63, 3.8) is 0 Å². The number of hydrogen-bond acceptors (Lipinski definition) is 0. The summed E-state index contributed by atoms with van der Waals surface area (Å²) in [6, 6.07) is 0. The minimum absolute atomic E-state index is 0.562. The van der Waals surface area contributed by atoms with Crippen molar-refractivity contribution in [2.24, 2.45) is 29.1 Å². The van der Waals surface area contributed by atoms with Gasteiger partial charge in [0.25, 0.3) is 0 Å². The lowest BCUT2D eigenvalue weighted by atomic mass is 9.70. The third-order valence-corrected chi connectivity index (χ3v) is 6.28. The Kier molecular flexibility index (Phi) is 9.85. The second-order valence-electron chi connectivity index (χ2n) is 7.96. The highest BCUT2D eigenvalue weighted by Gasteiger charge is 2.28. The van der Waals surface area contributed by atoms with Gasteiger partial charge >= 0.3 is 0 Å². The molecule has 0 bridgehead atoms. The SMILES string of the molecule is CCC(C)CC(CCCC(C)(CC)C(C)CC)C(C)C. The molecule has 0 saturated heterocycles. The van der Waals surface area contributed by atoms with Gasteiger partial charge in [0.15, 0.2) is 0 Å². The predicted octanol–water partition coefficient (Wildman–Crippen LogP) is 7.33. The van der Waals surface area contributed by atoms with Crippen LogP contribution < -0.4 is 0 Å². The Labute approximate surface area is 130 Å². The van der Waals surface area contributed by atoms with Gasteiger partial charge in [-0.1, -0.05) is 87.5 Å². The highest BCUT2D eigenvalue weighted by atomic mass is 14.3. The van der Waals surface area contributed by atoms with Crippen molar-refractivity contribution >= 4 is 0 Å². The maximum Gasteiger partial charge on any atom is -0.0303 e. The molecule has 0 rings (SSSR count). The molecule has 0 nitrogen and oxygen atoms in total. The molecule has 0 heteroatoms. The van der Waals surface area contributed by atoms with E-state index in [0.717, 1.165) is 23.7 Å². The summed E-state index contributed by atoms with van der Waals surface area (Å²) in [5.74, 6) is 3.54. The van der Waals surface area contributed by atoms with E-state index < -0.39 is 0 Å². The van der Waals surface area contributed by atoms with Gasteiger partial charge in [-0.15, -0.1) is 0 Å². The molecule has 0 spiro atoms. The van der Waals surface area contributed by atoms with Crippen LogP contribution in [0.15, 0.2) is 0 Å². The molecule has 0 aromatic heterocycles. The molecule has 20 heavy (non-hydrogen) atoms. The Balaban J connectivity index is 4.34. The lowest BCUT2D eigenvalue weighted by Crippen LogP contribution is -2.24. The zero-order valence-electron chi connectivity index (χ0n) is 15.8. The normalized spacial score (nSPS) is 19.6. The summed E-state index contributed by atoms with van der Waals surface area (Å²) in [6.45, 7) is 19.3. The number of hydrogen-bond donors (Lipinski definition) is 0. The van der Waals surface area contributed by atoms with Crippen molar-refractivity contribution < 1.29 is 0 Å². The molecule has 0 fully saturated rings. The molecule has 4 unspecified atom stereocenters. The first-order valence-corrected chi connectivity index (χ1v) is 9.30. The van der Waals surface area contributed by atoms with Crippen molar-refractivity contribution in [2.75, 3.05) is 0 Å². The van der Waals surface area contributed by atoms with Crippen LogP contribution in [0.25, 0.3) is 0 Å². The first kappa shape index (κ1) is 20.0. The molecular weight excluding hydrogens is 240 g/mol. The van der Waals surface area contributed by atoms with Crippen LogP contribution >= 0.6 is 0 Å². The van der Waals surface area contributed by atoms with Gasteiger partial charge in [0.1, 0.15) is 0 Å². The standard InChI is InChI=1S/C20H42/c1-9-17(6)15-19(16(4)5)13-12-14-20(8,11-3)18(7)10-2/h16-19H,9-15H2,1-8H3. The Morgan fingerprint density at radius 3 is 1.90 bits per heavy atom. The maximum absolute atomic E-state index is 2.51. The predicted molar refractivity (Wildman–Crippen MR) is 94.1 cm³/mol. The van der Waals surface area contributed by atoms with E-state index in [1.807, 2.05) is 0 Å². The molecule has 0 saturated carbocycles. The van der Waals surface area contributed by atoms with E-state index in [4.69, 9.17) is 0 Å². The van der Waals surface area contributed by atoms with Gasteiger partial charge in [-0.2, -0.15) is 0 Å². The van der Waals surface area contributed by atoms with Gasteiger partial charge in [0, 0.05) is 0 Å². The quantitative estimate of drug-likeness (QED) is 0.372. The molecule has 0 aromatic rings. The van der Waals surface area contributed by atoms with Crippen LogP contribution in [-0.2, 0) is 0 Å². The van der Waals surface area contributed by atoms with Crippen molar-refractivity contribution in [3.05, 3.63) is 0 Å². The monoisotopic (exact) mass is 282 g/mol. The molecule has 0 heterocycles. The molecule has 0 amide bonds. The summed E-state index contributed by atoms with van der Waals surface area (Å²) in [4.78, 5) is 0. The lowest BCUT2D eigenvalue weighted by molar-refractivity contribution is 0.156. The highest BCUT2D eigenvalue weighted by molar-refractivity contribution is 4.79. The second-order valence-corrected chi connectivity index (χ2v) is 7.96. The summed E-state index contributed by atoms with van der Waals surface area (Å²) < 4.78 is 0. The van der Waals surface area contributed by atoms with E-state index in [0.29, 0.717) is 5.41 Å². The van der Waals surface area contributed by atoms with Crippen molar-refractivity contribution in [2.45, 2.75) is 100 Å². The summed E-state index contributed by atoms with van der Waals surface area (Å²) in [6.07, 6.45) is 9.71. The fourth-order valence-corrected chi connectivity index (χ4v) is 3.44. The fraction of sp³-hybridized carbons (Fsp3) is 1.00. The van der Waals surface area contributed by atoms with Gasteiger partial charge in [0.05, 0.1) is 0 Å². The molecule has 122 valence electrons. The van der Waals surface area contributed by atoms with Crippen LogP contribution in [0.2, 0.25) is 0 Å². The van der Waals surface area contributed by atoms with Crippen LogP contribution in [-0.4, -0.2) is 0 Å². The van der Waals surface area contributed by atoms with E-state index in [1.54, 1.807) is 0 Å². The fourth-order valence-electron chi connectivity index (χ4n) is 3.44. The largest absolute Gasteiger partial charge is 0.0651 e. The first-order valence-electron chi connectivity index (χ1n) is 9.30. The maximum atomic E-state index is 2.51. The number of rotatable bonds is 11. The topological polar surface area (TPSA) is 0 Å². The molecule has 0 aliphatic carbocycles. The Morgan fingerprint density at radius 1 is 0.900 bits per heavy atom. The van der Waals surface area contributed by atoms with Gasteiger partial charge in [-0.25, -0.2) is 0 Å². The van der Waals surface area contributed by atoms with Gasteiger partial charge in [-0.05, 0) is 41.9 Å². The van der Waals surface area contributed by atoms with Gasteiger partial charge in [0.2, 0.25) is 0 Å². The molecule has 0 N–H and O–H groups in total. The Bertz CT molecular complexity index is 230. The highest BCUT2D eigenvalue weighted by Crippen LogP contribution is 2.39. The summed E-state index contributed by atoms with van der Waals surface area (Å²) >= 11 is 0. The van der Waals surface area contributed by atoms with E-state index >= 15 is 0 Å². The third kappa shape index (κ3) is 6.64. The van der Waals surface area contributed by atoms with Crippen molar-refractivity contribution in [1.29, 1.82) is 0 Å². The molecular formula is C20H42. The van der Waals surface area contributed by atoms with Crippen LogP contribution in [0.4, 0.5) is 0 Å². The zero-order chi connectivity index (χ0) is 15.8. The molecule has 0 radical (unpaired) electrons. The van der Waals surface area contributed by atoms with Crippen molar-refractivity contribution in [1.82, 2.24) is 0 Å². The molecule has 4 atom stereocenters. The summed E-state index contributed by atoms with van der Waals surface area (Å²) in [7, 11) is 0. The van der Waals surface area contributed by atoms with Crippen LogP contribution in [0.1, 0.15) is 100 Å². The van der Waals surface area contributed by atoms with E-state index in [1.165, 1.54) is 44.9 Å². The van der Waals surface area contributed by atoms with E-state index in [2.05, 4.69) is 55.4 Å². The molecule has 0 aliphatic rings. The van der Waals surface area contributed by atoms with Crippen LogP contribution in [0, 0.1) is 29.1 Å². The van der Waals surface area contributed by atoms with Crippen molar-refractivity contribution in [3.8, 4) is 0 Å². The molecule has 0 aliphatic heterocycles. The average Bonchev–Trinajstić information content (AvgIpc) is 2.44. The minimum Gasteiger partial charge on any atom is -0.0651 e. The first-order chi connectivity index (χ1) is 9.30. The Morgan fingerprint density at radius 2 is 1.50 bits per heavy atom. The second kappa shape index (κ2) is 9.85. The molecule has 0 aromatic carbocycles.